The van der Waals surface area contributed by atoms with Crippen LogP contribution >= 0.6 is 11.6 Å². The van der Waals surface area contributed by atoms with Gasteiger partial charge in [0.15, 0.2) is 6.61 Å². The molecule has 5 nitrogen and oxygen atoms in total. The van der Waals surface area contributed by atoms with E-state index in [4.69, 9.17) is 16.3 Å². The molecule has 0 spiro atoms. The highest BCUT2D eigenvalue weighted by Gasteiger charge is 2.24. The number of rotatable bonds is 5. The fraction of sp³-hybridized carbons (Fsp3) is 0.364. The van der Waals surface area contributed by atoms with E-state index in [0.717, 1.165) is 11.1 Å². The molecule has 29 heavy (non-hydrogen) atoms. The molecular weight excluding hydrogens is 395 g/mol. The van der Waals surface area contributed by atoms with E-state index in [2.05, 4.69) is 5.32 Å². The van der Waals surface area contributed by atoms with Gasteiger partial charge in [-0.3, -0.25) is 9.59 Å². The van der Waals surface area contributed by atoms with Crippen molar-refractivity contribution in [3.8, 4) is 5.75 Å². The lowest BCUT2D eigenvalue weighted by molar-refractivity contribution is -0.134. The number of benzene rings is 2. The number of halogens is 2. The topological polar surface area (TPSA) is 58.6 Å². The maximum Gasteiger partial charge on any atom is 0.260 e. The van der Waals surface area contributed by atoms with Crippen molar-refractivity contribution in [2.75, 3.05) is 19.7 Å². The molecule has 1 aliphatic heterocycles. The maximum atomic E-state index is 13.3. The van der Waals surface area contributed by atoms with Crippen molar-refractivity contribution in [3.63, 3.8) is 0 Å². The summed E-state index contributed by atoms with van der Waals surface area (Å²) in [5.41, 5.74) is 2.11. The molecule has 0 aliphatic carbocycles. The van der Waals surface area contributed by atoms with Crippen molar-refractivity contribution < 1.29 is 18.7 Å². The third-order valence-corrected chi connectivity index (χ3v) is 5.64. The predicted octanol–water partition coefficient (Wildman–Crippen LogP) is 3.90. The number of hydrogen-bond acceptors (Lipinski definition) is 3. The quantitative estimate of drug-likeness (QED) is 0.801. The highest BCUT2D eigenvalue weighted by atomic mass is 35.5. The van der Waals surface area contributed by atoms with Gasteiger partial charge in [-0.1, -0.05) is 17.7 Å². The van der Waals surface area contributed by atoms with Crippen LogP contribution in [0.5, 0.6) is 5.75 Å². The fourth-order valence-electron chi connectivity index (χ4n) is 3.40. The zero-order valence-corrected chi connectivity index (χ0v) is 17.3. The predicted molar refractivity (Wildman–Crippen MR) is 110 cm³/mol. The lowest BCUT2D eigenvalue weighted by atomic mass is 10.0. The van der Waals surface area contributed by atoms with Crippen molar-refractivity contribution in [1.29, 1.82) is 0 Å². The molecule has 0 atom stereocenters. The van der Waals surface area contributed by atoms with E-state index < -0.39 is 5.82 Å². The minimum absolute atomic E-state index is 0.0408. The van der Waals surface area contributed by atoms with Crippen LogP contribution in [0.3, 0.4) is 0 Å². The summed E-state index contributed by atoms with van der Waals surface area (Å²) in [6.45, 7) is 4.82. The van der Waals surface area contributed by atoms with Crippen LogP contribution in [0, 0.1) is 19.7 Å². The van der Waals surface area contributed by atoms with Gasteiger partial charge in [0, 0.05) is 29.7 Å². The molecule has 7 heteroatoms. The van der Waals surface area contributed by atoms with Gasteiger partial charge in [-0.05, 0) is 68.1 Å². The zero-order chi connectivity index (χ0) is 21.0. The number of aryl methyl sites for hydroxylation is 2. The summed E-state index contributed by atoms with van der Waals surface area (Å²) in [4.78, 5) is 26.4. The molecule has 154 valence electrons. The summed E-state index contributed by atoms with van der Waals surface area (Å²) in [6, 6.07) is 9.19. The van der Waals surface area contributed by atoms with Crippen LogP contribution in [0.15, 0.2) is 36.4 Å². The summed E-state index contributed by atoms with van der Waals surface area (Å²) in [6.07, 6.45) is 1.29. The Morgan fingerprint density at radius 1 is 1.17 bits per heavy atom. The molecule has 0 radical (unpaired) electrons. The molecule has 1 fully saturated rings. The van der Waals surface area contributed by atoms with E-state index in [1.807, 2.05) is 26.0 Å². The summed E-state index contributed by atoms with van der Waals surface area (Å²) < 4.78 is 18.9. The Morgan fingerprint density at radius 2 is 1.83 bits per heavy atom. The Kier molecular flexibility index (Phi) is 6.75. The first kappa shape index (κ1) is 21.1. The minimum Gasteiger partial charge on any atom is -0.484 e. The van der Waals surface area contributed by atoms with Crippen LogP contribution in [0.2, 0.25) is 5.02 Å². The van der Waals surface area contributed by atoms with Crippen LogP contribution in [0.25, 0.3) is 0 Å². The lowest BCUT2D eigenvalue weighted by Crippen LogP contribution is -2.47. The van der Waals surface area contributed by atoms with Gasteiger partial charge >= 0.3 is 0 Å². The standard InChI is InChI=1S/C22H24ClFN2O3/c1-14-10-19(11-15(2)21(14)23)29-13-20(27)26-8-6-18(7-9-26)25-22(28)16-4-3-5-17(24)12-16/h3-5,10-12,18H,6-9,13H2,1-2H3,(H,25,28). The van der Waals surface area contributed by atoms with Crippen molar-refractivity contribution in [2.24, 2.45) is 0 Å². The number of carbonyl (C=O) groups is 2. The average molecular weight is 419 g/mol. The van der Waals surface area contributed by atoms with Crippen molar-refractivity contribution >= 4 is 23.4 Å². The zero-order valence-electron chi connectivity index (χ0n) is 16.5. The number of amides is 2. The van der Waals surface area contributed by atoms with Crippen molar-refractivity contribution in [2.45, 2.75) is 32.7 Å². The summed E-state index contributed by atoms with van der Waals surface area (Å²) in [7, 11) is 0. The first-order chi connectivity index (χ1) is 13.8. The largest absolute Gasteiger partial charge is 0.484 e. The van der Waals surface area contributed by atoms with Gasteiger partial charge in [0.25, 0.3) is 11.8 Å². The van der Waals surface area contributed by atoms with Crippen LogP contribution < -0.4 is 10.1 Å². The summed E-state index contributed by atoms with van der Waals surface area (Å²) >= 11 is 6.15. The second-order valence-corrected chi connectivity index (χ2v) is 7.68. The van der Waals surface area contributed by atoms with Crippen LogP contribution in [-0.4, -0.2) is 42.5 Å². The summed E-state index contributed by atoms with van der Waals surface area (Å²) in [5.74, 6) is -0.213. The SMILES string of the molecule is Cc1cc(OCC(=O)N2CCC(NC(=O)c3cccc(F)c3)CC2)cc(C)c1Cl. The molecule has 1 aliphatic rings. The number of carbonyl (C=O) groups excluding carboxylic acids is 2. The van der Waals surface area contributed by atoms with Gasteiger partial charge in [-0.25, -0.2) is 4.39 Å². The number of nitrogens with one attached hydrogen (secondary N) is 1. The Hall–Kier alpha value is -2.60. The van der Waals surface area contributed by atoms with Gasteiger partial charge < -0.3 is 15.0 Å². The van der Waals surface area contributed by atoms with Gasteiger partial charge in [-0.2, -0.15) is 0 Å². The van der Waals surface area contributed by atoms with Gasteiger partial charge in [0.05, 0.1) is 0 Å². The number of ether oxygens (including phenoxy) is 1. The molecule has 1 saturated heterocycles. The molecule has 0 bridgehead atoms. The molecule has 3 rings (SSSR count). The Balaban J connectivity index is 1.46. The number of likely N-dealkylation sites (tertiary alicyclic amines) is 1. The molecule has 0 aromatic heterocycles. The number of piperidine rings is 1. The molecule has 2 aromatic carbocycles. The van der Waals surface area contributed by atoms with E-state index in [1.165, 1.54) is 18.2 Å². The number of hydrogen-bond donors (Lipinski definition) is 1. The first-order valence-electron chi connectivity index (χ1n) is 9.57. The van der Waals surface area contributed by atoms with Gasteiger partial charge in [0.2, 0.25) is 0 Å². The van der Waals surface area contributed by atoms with E-state index in [0.29, 0.717) is 42.3 Å². The van der Waals surface area contributed by atoms with Gasteiger partial charge in [0.1, 0.15) is 11.6 Å². The van der Waals surface area contributed by atoms with Crippen molar-refractivity contribution in [3.05, 3.63) is 63.9 Å². The van der Waals surface area contributed by atoms with Gasteiger partial charge in [-0.15, -0.1) is 0 Å². The molecule has 0 saturated carbocycles. The molecule has 1 heterocycles. The third-order valence-electron chi connectivity index (χ3n) is 5.04. The van der Waals surface area contributed by atoms with Crippen LogP contribution in [0.1, 0.15) is 34.3 Å². The smallest absolute Gasteiger partial charge is 0.260 e. The van der Waals surface area contributed by atoms with E-state index >= 15 is 0 Å². The van der Waals surface area contributed by atoms with E-state index in [9.17, 15) is 14.0 Å². The number of nitrogens with zero attached hydrogens (tertiary/aromatic N) is 1. The average Bonchev–Trinajstić information content (AvgIpc) is 2.70. The highest BCUT2D eigenvalue weighted by Crippen LogP contribution is 2.26. The maximum absolute atomic E-state index is 13.3. The van der Waals surface area contributed by atoms with Crippen LogP contribution in [0.4, 0.5) is 4.39 Å². The van der Waals surface area contributed by atoms with E-state index in [1.54, 1.807) is 11.0 Å². The second-order valence-electron chi connectivity index (χ2n) is 7.30. The Morgan fingerprint density at radius 3 is 2.45 bits per heavy atom. The summed E-state index contributed by atoms with van der Waals surface area (Å²) in [5, 5.41) is 3.61. The first-order valence-corrected chi connectivity index (χ1v) is 9.95. The molecular formula is C22H24ClFN2O3. The Bertz CT molecular complexity index is 888. The second kappa shape index (κ2) is 9.27. The lowest BCUT2D eigenvalue weighted by Gasteiger charge is -2.32. The van der Waals surface area contributed by atoms with Crippen molar-refractivity contribution in [1.82, 2.24) is 10.2 Å². The van der Waals surface area contributed by atoms with E-state index in [-0.39, 0.29) is 24.5 Å². The fourth-order valence-corrected chi connectivity index (χ4v) is 3.51. The monoisotopic (exact) mass is 418 g/mol. The molecule has 2 aromatic rings. The molecule has 0 unspecified atom stereocenters. The van der Waals surface area contributed by atoms with Crippen LogP contribution in [-0.2, 0) is 4.79 Å². The molecule has 2 amide bonds. The Labute approximate surface area is 174 Å². The molecule has 1 N–H and O–H groups in total. The normalized spacial score (nSPS) is 14.6. The highest BCUT2D eigenvalue weighted by molar-refractivity contribution is 6.32. The third kappa shape index (κ3) is 5.48. The minimum atomic E-state index is -0.441.